The van der Waals surface area contributed by atoms with Crippen LogP contribution in [0, 0.1) is 0 Å². The molecule has 2 rings (SSSR count). The number of carbonyl (C=O) groups is 1. The first-order valence-electron chi connectivity index (χ1n) is 7.49. The van der Waals surface area contributed by atoms with E-state index >= 15 is 0 Å². The number of nitrogens with zero attached hydrogens (tertiary/aromatic N) is 3. The summed E-state index contributed by atoms with van der Waals surface area (Å²) in [6.45, 7) is 4.87. The molecule has 7 heteroatoms. The van der Waals surface area contributed by atoms with E-state index in [0.717, 1.165) is 30.2 Å². The van der Waals surface area contributed by atoms with E-state index in [2.05, 4.69) is 29.2 Å². The molecule has 21 heavy (non-hydrogen) atoms. The van der Waals surface area contributed by atoms with Crippen LogP contribution >= 0.6 is 11.8 Å². The highest BCUT2D eigenvalue weighted by Gasteiger charge is 2.25. The Morgan fingerprint density at radius 3 is 3.00 bits per heavy atom. The number of hydrogen-bond donors (Lipinski definition) is 2. The van der Waals surface area contributed by atoms with Crippen LogP contribution in [0.1, 0.15) is 44.3 Å². The molecule has 0 spiro atoms. The van der Waals surface area contributed by atoms with Gasteiger partial charge >= 0.3 is 0 Å². The average molecular weight is 311 g/mol. The fourth-order valence-corrected chi connectivity index (χ4v) is 2.86. The molecule has 0 fully saturated rings. The molecule has 1 amide bonds. The normalized spacial score (nSPS) is 19.4. The van der Waals surface area contributed by atoms with Gasteiger partial charge in [-0.25, -0.2) is 9.67 Å². The Balaban J connectivity index is 1.90. The average Bonchev–Trinajstić information content (AvgIpc) is 2.88. The van der Waals surface area contributed by atoms with E-state index in [1.807, 2.05) is 10.9 Å². The molecule has 3 N–H and O–H groups in total. The maximum absolute atomic E-state index is 12.1. The molecule has 0 saturated heterocycles. The minimum Gasteiger partial charge on any atom is -0.350 e. The lowest BCUT2D eigenvalue weighted by atomic mass is 10.1. The molecule has 6 nitrogen and oxygen atoms in total. The van der Waals surface area contributed by atoms with E-state index in [1.54, 1.807) is 11.8 Å². The van der Waals surface area contributed by atoms with E-state index in [-0.39, 0.29) is 11.9 Å². The highest BCUT2D eigenvalue weighted by molar-refractivity contribution is 7.98. The van der Waals surface area contributed by atoms with Gasteiger partial charge in [-0.15, -0.1) is 0 Å². The molecule has 1 aromatic heterocycles. The molecule has 0 aliphatic carbocycles. The van der Waals surface area contributed by atoms with E-state index in [4.69, 9.17) is 5.73 Å². The van der Waals surface area contributed by atoms with Crippen molar-refractivity contribution in [3.63, 3.8) is 0 Å². The number of amides is 1. The summed E-state index contributed by atoms with van der Waals surface area (Å²) in [6, 6.07) is -0.312. The van der Waals surface area contributed by atoms with Crippen molar-refractivity contribution in [1.29, 1.82) is 0 Å². The van der Waals surface area contributed by atoms with Gasteiger partial charge in [0.05, 0.1) is 12.6 Å². The fraction of sp³-hybridized carbons (Fsp3) is 0.786. The Hall–Kier alpha value is -1.08. The number of aryl methyl sites for hydroxylation is 1. The van der Waals surface area contributed by atoms with E-state index in [0.29, 0.717) is 18.9 Å². The van der Waals surface area contributed by atoms with Crippen molar-refractivity contribution in [3.05, 3.63) is 11.6 Å². The molecular weight excluding hydrogens is 286 g/mol. The van der Waals surface area contributed by atoms with Crippen LogP contribution in [0.4, 0.5) is 0 Å². The van der Waals surface area contributed by atoms with Crippen molar-refractivity contribution in [1.82, 2.24) is 20.1 Å². The Labute approximate surface area is 130 Å². The van der Waals surface area contributed by atoms with Gasteiger partial charge in [0.25, 0.3) is 0 Å². The van der Waals surface area contributed by atoms with Gasteiger partial charge in [0.2, 0.25) is 5.91 Å². The predicted molar refractivity (Wildman–Crippen MR) is 85.3 cm³/mol. The number of aromatic nitrogens is 3. The van der Waals surface area contributed by atoms with Gasteiger partial charge in [0, 0.05) is 18.4 Å². The summed E-state index contributed by atoms with van der Waals surface area (Å²) in [6.07, 6.45) is 4.48. The molecule has 118 valence electrons. The van der Waals surface area contributed by atoms with Gasteiger partial charge in [0.1, 0.15) is 5.82 Å². The molecule has 2 heterocycles. The summed E-state index contributed by atoms with van der Waals surface area (Å²) in [7, 11) is 0. The van der Waals surface area contributed by atoms with Crippen LogP contribution < -0.4 is 11.1 Å². The summed E-state index contributed by atoms with van der Waals surface area (Å²) >= 11 is 1.71. The van der Waals surface area contributed by atoms with Crippen molar-refractivity contribution < 1.29 is 4.79 Å². The summed E-state index contributed by atoms with van der Waals surface area (Å²) in [5, 5.41) is 7.57. The number of nitrogens with one attached hydrogen (secondary N) is 1. The third-order valence-electron chi connectivity index (χ3n) is 3.71. The second-order valence-corrected chi connectivity index (χ2v) is 6.84. The molecule has 1 aromatic rings. The largest absolute Gasteiger partial charge is 0.350 e. The van der Waals surface area contributed by atoms with Gasteiger partial charge in [-0.05, 0) is 24.9 Å². The number of hydrogen-bond acceptors (Lipinski definition) is 5. The summed E-state index contributed by atoms with van der Waals surface area (Å²) in [4.78, 5) is 16.6. The van der Waals surface area contributed by atoms with Gasteiger partial charge < -0.3 is 11.1 Å². The van der Waals surface area contributed by atoms with Crippen LogP contribution in [0.15, 0.2) is 0 Å². The minimum absolute atomic E-state index is 0.0540. The Morgan fingerprint density at radius 2 is 2.33 bits per heavy atom. The molecule has 0 radical (unpaired) electrons. The quantitative estimate of drug-likeness (QED) is 0.815. The van der Waals surface area contributed by atoms with E-state index in [9.17, 15) is 4.79 Å². The smallest absolute Gasteiger partial charge is 0.237 e. The second kappa shape index (κ2) is 7.26. The molecule has 1 aliphatic heterocycles. The lowest BCUT2D eigenvalue weighted by Crippen LogP contribution is -2.48. The van der Waals surface area contributed by atoms with Crippen LogP contribution in [-0.2, 0) is 17.8 Å². The number of carbonyl (C=O) groups excluding carboxylic acids is 1. The first-order valence-corrected chi connectivity index (χ1v) is 8.89. The number of rotatable bonds is 6. The maximum atomic E-state index is 12.1. The minimum atomic E-state index is -0.416. The third kappa shape index (κ3) is 4.20. The van der Waals surface area contributed by atoms with E-state index < -0.39 is 6.04 Å². The van der Waals surface area contributed by atoms with Crippen LogP contribution in [0.2, 0.25) is 0 Å². The molecule has 0 saturated carbocycles. The van der Waals surface area contributed by atoms with Crippen molar-refractivity contribution in [3.8, 4) is 0 Å². The topological polar surface area (TPSA) is 85.8 Å². The molecule has 0 bridgehead atoms. The van der Waals surface area contributed by atoms with Crippen LogP contribution in [0.3, 0.4) is 0 Å². The van der Waals surface area contributed by atoms with Crippen LogP contribution in [0.25, 0.3) is 0 Å². The first kappa shape index (κ1) is 16.3. The highest BCUT2D eigenvalue weighted by Crippen LogP contribution is 2.17. The summed E-state index contributed by atoms with van der Waals surface area (Å²) < 4.78 is 1.93. The van der Waals surface area contributed by atoms with Crippen LogP contribution in [0.5, 0.6) is 0 Å². The molecule has 0 aromatic carbocycles. The monoisotopic (exact) mass is 311 g/mol. The second-order valence-electron chi connectivity index (χ2n) is 5.86. The molecule has 2 unspecified atom stereocenters. The van der Waals surface area contributed by atoms with Gasteiger partial charge in [0.15, 0.2) is 5.82 Å². The first-order chi connectivity index (χ1) is 10.0. The SMILES string of the molecule is CSCCC(N)C(=O)NC1CCc2nc(C(C)C)nn2C1. The van der Waals surface area contributed by atoms with Gasteiger partial charge in [-0.2, -0.15) is 16.9 Å². The lowest BCUT2D eigenvalue weighted by molar-refractivity contribution is -0.123. The van der Waals surface area contributed by atoms with Crippen molar-refractivity contribution in [2.45, 2.75) is 57.7 Å². The van der Waals surface area contributed by atoms with Crippen molar-refractivity contribution in [2.24, 2.45) is 5.73 Å². The Kier molecular flexibility index (Phi) is 5.64. The van der Waals surface area contributed by atoms with Gasteiger partial charge in [-0.3, -0.25) is 4.79 Å². The maximum Gasteiger partial charge on any atom is 0.237 e. The predicted octanol–water partition coefficient (Wildman–Crippen LogP) is 0.913. The summed E-state index contributed by atoms with van der Waals surface area (Å²) in [5.41, 5.74) is 5.90. The molecular formula is C14H25N5OS. The molecule has 2 atom stereocenters. The van der Waals surface area contributed by atoms with Crippen molar-refractivity contribution in [2.75, 3.05) is 12.0 Å². The zero-order chi connectivity index (χ0) is 15.4. The third-order valence-corrected chi connectivity index (χ3v) is 4.35. The Morgan fingerprint density at radius 1 is 1.57 bits per heavy atom. The summed E-state index contributed by atoms with van der Waals surface area (Å²) in [5.74, 6) is 3.09. The number of fused-ring (bicyclic) bond motifs is 1. The fourth-order valence-electron chi connectivity index (χ4n) is 2.37. The zero-order valence-corrected chi connectivity index (χ0v) is 13.8. The van der Waals surface area contributed by atoms with Crippen LogP contribution in [-0.4, -0.2) is 44.8 Å². The zero-order valence-electron chi connectivity index (χ0n) is 13.0. The standard InChI is InChI=1S/C14H25N5OS/c1-9(2)13-17-12-5-4-10(8-19(12)18-13)16-14(20)11(15)6-7-21-3/h9-11H,4-8,15H2,1-3H3,(H,16,20). The number of nitrogens with two attached hydrogens (primary N) is 1. The Bertz CT molecular complexity index is 488. The lowest BCUT2D eigenvalue weighted by Gasteiger charge is -2.24. The van der Waals surface area contributed by atoms with E-state index in [1.165, 1.54) is 0 Å². The number of thioether (sulfide) groups is 1. The van der Waals surface area contributed by atoms with Crippen molar-refractivity contribution >= 4 is 17.7 Å². The van der Waals surface area contributed by atoms with Gasteiger partial charge in [-0.1, -0.05) is 13.8 Å². The molecule has 1 aliphatic rings. The highest BCUT2D eigenvalue weighted by atomic mass is 32.2.